The zero-order valence-corrected chi connectivity index (χ0v) is 15.3. The van der Waals surface area contributed by atoms with E-state index in [-0.39, 0.29) is 5.56 Å². The van der Waals surface area contributed by atoms with Crippen LogP contribution in [0.3, 0.4) is 0 Å². The first-order valence-electron chi connectivity index (χ1n) is 7.48. The van der Waals surface area contributed by atoms with Crippen LogP contribution in [0.5, 0.6) is 5.75 Å². The van der Waals surface area contributed by atoms with E-state index in [0.717, 1.165) is 21.4 Å². The van der Waals surface area contributed by atoms with Gasteiger partial charge < -0.3 is 10.1 Å². The molecule has 2 N–H and O–H groups in total. The molecule has 25 heavy (non-hydrogen) atoms. The first-order chi connectivity index (χ1) is 12.0. The van der Waals surface area contributed by atoms with Gasteiger partial charge in [0.25, 0.3) is 5.91 Å². The van der Waals surface area contributed by atoms with E-state index in [0.29, 0.717) is 11.4 Å². The summed E-state index contributed by atoms with van der Waals surface area (Å²) in [6.45, 7) is 0. The van der Waals surface area contributed by atoms with Crippen molar-refractivity contribution in [2.75, 3.05) is 12.4 Å². The second-order valence-electron chi connectivity index (χ2n) is 5.41. The molecule has 0 fully saturated rings. The van der Waals surface area contributed by atoms with Gasteiger partial charge in [0.05, 0.1) is 29.2 Å². The van der Waals surface area contributed by atoms with Crippen molar-refractivity contribution in [1.82, 2.24) is 15.5 Å². The van der Waals surface area contributed by atoms with Crippen LogP contribution < -0.4 is 15.8 Å². The van der Waals surface area contributed by atoms with Gasteiger partial charge in [0, 0.05) is 23.9 Å². The lowest BCUT2D eigenvalue weighted by atomic mass is 10.1. The van der Waals surface area contributed by atoms with Crippen LogP contribution in [0.4, 0.5) is 11.4 Å². The summed E-state index contributed by atoms with van der Waals surface area (Å²) >= 11 is 3.52. The minimum Gasteiger partial charge on any atom is -0.495 e. The Bertz CT molecular complexity index is 917. The van der Waals surface area contributed by atoms with Crippen LogP contribution in [0, 0.1) is 0 Å². The molecule has 0 saturated heterocycles. The maximum absolute atomic E-state index is 11.2. The van der Waals surface area contributed by atoms with Gasteiger partial charge >= 0.3 is 0 Å². The van der Waals surface area contributed by atoms with Crippen LogP contribution in [0.2, 0.25) is 0 Å². The van der Waals surface area contributed by atoms with Gasteiger partial charge in [-0.25, -0.2) is 0 Å². The fraction of sp³-hybridized carbons (Fsp3) is 0.111. The second kappa shape index (κ2) is 6.98. The van der Waals surface area contributed by atoms with Gasteiger partial charge in [-0.1, -0.05) is 12.1 Å². The fourth-order valence-corrected chi connectivity index (χ4v) is 3.15. The van der Waals surface area contributed by atoms with Crippen LogP contribution in [0.25, 0.3) is 11.3 Å². The molecule has 7 heteroatoms. The summed E-state index contributed by atoms with van der Waals surface area (Å²) in [7, 11) is 3.42. The number of rotatable bonds is 5. The van der Waals surface area contributed by atoms with Crippen LogP contribution in [-0.4, -0.2) is 22.8 Å². The van der Waals surface area contributed by atoms with E-state index in [2.05, 4.69) is 26.3 Å². The number of halogens is 1. The van der Waals surface area contributed by atoms with Gasteiger partial charge in [0.2, 0.25) is 0 Å². The summed E-state index contributed by atoms with van der Waals surface area (Å²) in [6, 6.07) is 12.8. The van der Waals surface area contributed by atoms with Gasteiger partial charge in [-0.2, -0.15) is 5.10 Å². The summed E-state index contributed by atoms with van der Waals surface area (Å²) < 4.78 is 8.05. The number of hydrogen-bond acceptors (Lipinski definition) is 4. The molecule has 2 aromatic carbocycles. The smallest absolute Gasteiger partial charge is 0.269 e. The molecule has 0 spiro atoms. The maximum atomic E-state index is 11.2. The molecule has 3 aromatic rings. The molecule has 0 atom stereocenters. The minimum atomic E-state index is -0.743. The highest BCUT2D eigenvalue weighted by Gasteiger charge is 2.11. The lowest BCUT2D eigenvalue weighted by Crippen LogP contribution is -2.01. The Balaban J connectivity index is 1.94. The molecule has 0 aliphatic rings. The third kappa shape index (κ3) is 3.51. The molecule has 1 aromatic heterocycles. The van der Waals surface area contributed by atoms with Crippen LogP contribution >= 0.6 is 15.9 Å². The number of nitrogens with one attached hydrogen (secondary N) is 2. The van der Waals surface area contributed by atoms with E-state index < -0.39 is 5.91 Å². The van der Waals surface area contributed by atoms with Gasteiger partial charge in [-0.3, -0.25) is 15.2 Å². The fourth-order valence-electron chi connectivity index (χ4n) is 2.57. The van der Waals surface area contributed by atoms with Crippen molar-refractivity contribution in [2.45, 2.75) is 0 Å². The van der Waals surface area contributed by atoms with Gasteiger partial charge in [-0.15, -0.1) is 0 Å². The molecule has 1 amide bonds. The average molecular weight is 400 g/mol. The Morgan fingerprint density at radius 2 is 2.08 bits per heavy atom. The van der Waals surface area contributed by atoms with Crippen molar-refractivity contribution in [2.24, 2.45) is 7.05 Å². The molecule has 0 aliphatic carbocycles. The number of amides is 1. The number of aromatic nitrogens is 2. The quantitative estimate of drug-likeness (QED) is 0.702. The summed E-state index contributed by atoms with van der Waals surface area (Å²) in [4.78, 5) is 11.2. The van der Waals surface area contributed by atoms with Crippen LogP contribution in [-0.2, 0) is 7.05 Å². The van der Waals surface area contributed by atoms with Crippen molar-refractivity contribution in [3.05, 3.63) is 58.7 Å². The van der Waals surface area contributed by atoms with Crippen LogP contribution in [0.1, 0.15) is 10.4 Å². The number of ether oxygens (including phenoxy) is 1. The van der Waals surface area contributed by atoms with E-state index in [1.165, 1.54) is 7.11 Å². The van der Waals surface area contributed by atoms with E-state index >= 15 is 0 Å². The predicted molar refractivity (Wildman–Crippen MR) is 100 cm³/mol. The Morgan fingerprint density at radius 3 is 2.72 bits per heavy atom. The van der Waals surface area contributed by atoms with Gasteiger partial charge in [0.15, 0.2) is 0 Å². The third-order valence-corrected chi connectivity index (χ3v) is 4.35. The van der Waals surface area contributed by atoms with Gasteiger partial charge in [-0.05, 0) is 46.3 Å². The highest BCUT2D eigenvalue weighted by Crippen LogP contribution is 2.32. The molecular weight excluding hydrogens is 384 g/mol. The molecule has 127 valence electrons. The Morgan fingerprint density at radius 1 is 1.28 bits per heavy atom. The minimum absolute atomic E-state index is 0.287. The highest BCUT2D eigenvalue weighted by atomic mass is 79.9. The number of nitrogens with zero attached hydrogens (tertiary/aromatic N) is 2. The normalized spacial score (nSPS) is 10.5. The maximum Gasteiger partial charge on any atom is 0.269 e. The number of hydrogen-bond donors (Lipinski definition) is 1. The monoisotopic (exact) mass is 399 g/mol. The predicted octanol–water partition coefficient (Wildman–Crippen LogP) is 4.02. The number of carbonyl (C=O) groups is 1. The van der Waals surface area contributed by atoms with Crippen molar-refractivity contribution < 1.29 is 9.53 Å². The molecule has 0 saturated carbocycles. The Labute approximate surface area is 153 Å². The SMILES string of the molecule is COc1cc(C([NH])=O)ccc1Nc1cccc(-c2c(Br)cnn2C)c1. The molecule has 3 rings (SSSR count). The zero-order chi connectivity index (χ0) is 18.0. The van der Waals surface area contributed by atoms with Crippen molar-refractivity contribution in [1.29, 1.82) is 0 Å². The lowest BCUT2D eigenvalue weighted by Gasteiger charge is -2.13. The lowest BCUT2D eigenvalue weighted by molar-refractivity contribution is 0.0992. The first-order valence-corrected chi connectivity index (χ1v) is 8.28. The summed E-state index contributed by atoms with van der Waals surface area (Å²) in [5, 5.41) is 7.53. The number of aryl methyl sites for hydroxylation is 1. The Kier molecular flexibility index (Phi) is 4.76. The van der Waals surface area contributed by atoms with E-state index in [4.69, 9.17) is 10.5 Å². The molecule has 6 nitrogen and oxygen atoms in total. The molecule has 0 bridgehead atoms. The molecule has 1 heterocycles. The topological polar surface area (TPSA) is 80.0 Å². The van der Waals surface area contributed by atoms with Gasteiger partial charge in [0.1, 0.15) is 5.75 Å². The third-order valence-electron chi connectivity index (χ3n) is 3.77. The van der Waals surface area contributed by atoms with Crippen molar-refractivity contribution in [3.63, 3.8) is 0 Å². The molecular formula is C18H16BrN4O2. The van der Waals surface area contributed by atoms with Crippen molar-refractivity contribution >= 4 is 33.2 Å². The second-order valence-corrected chi connectivity index (χ2v) is 6.27. The highest BCUT2D eigenvalue weighted by molar-refractivity contribution is 9.10. The van der Waals surface area contributed by atoms with E-state index in [1.807, 2.05) is 31.3 Å². The standard InChI is InChI=1S/C18H16BrN4O2/c1-23-17(14(19)10-21-23)11-4-3-5-13(8-11)22-15-7-6-12(18(20)24)9-16(15)25-2/h3-10,20,22H,1-2H3. The Hall–Kier alpha value is -2.80. The van der Waals surface area contributed by atoms with E-state index in [9.17, 15) is 4.79 Å². The largest absolute Gasteiger partial charge is 0.495 e. The first kappa shape index (κ1) is 17.0. The van der Waals surface area contributed by atoms with Crippen LogP contribution in [0.15, 0.2) is 53.1 Å². The summed E-state index contributed by atoms with van der Waals surface area (Å²) in [5.41, 5.74) is 11.1. The molecule has 0 aliphatic heterocycles. The van der Waals surface area contributed by atoms with E-state index in [1.54, 1.807) is 29.1 Å². The summed E-state index contributed by atoms with van der Waals surface area (Å²) in [5.74, 6) is -0.238. The number of methoxy groups -OCH3 is 1. The molecule has 1 radical (unpaired) electrons. The van der Waals surface area contributed by atoms with Crippen molar-refractivity contribution in [3.8, 4) is 17.0 Å². The average Bonchev–Trinajstić information content (AvgIpc) is 2.94. The number of anilines is 2. The molecule has 0 unspecified atom stereocenters. The number of carbonyl (C=O) groups excluding carboxylic acids is 1. The summed E-state index contributed by atoms with van der Waals surface area (Å²) in [6.07, 6.45) is 1.76. The number of benzene rings is 2. The zero-order valence-electron chi connectivity index (χ0n) is 13.7.